The van der Waals surface area contributed by atoms with Gasteiger partial charge in [0.25, 0.3) is 0 Å². The summed E-state index contributed by atoms with van der Waals surface area (Å²) in [5.74, 6) is -0.686. The lowest BCUT2D eigenvalue weighted by molar-refractivity contribution is 0.108. The fraction of sp³-hybridized carbons (Fsp3) is 0.441. The molecule has 4 aromatic rings. The van der Waals surface area contributed by atoms with Crippen LogP contribution < -0.4 is 14.4 Å². The highest BCUT2D eigenvalue weighted by molar-refractivity contribution is 6.03. The van der Waals surface area contributed by atoms with Gasteiger partial charge in [-0.3, -0.25) is 4.90 Å². The molecule has 0 bridgehead atoms. The zero-order valence-electron chi connectivity index (χ0n) is 25.5. The fourth-order valence-corrected chi connectivity index (χ4v) is 7.51. The number of methoxy groups -OCH3 is 1. The van der Waals surface area contributed by atoms with Gasteiger partial charge >= 0.3 is 6.01 Å². The van der Waals surface area contributed by atoms with Crippen LogP contribution in [0.3, 0.4) is 0 Å². The number of hydrogen-bond donors (Lipinski definition) is 1. The Balaban J connectivity index is 1.42. The maximum Gasteiger partial charge on any atom is 0.319 e. The molecule has 1 N–H and O–H groups in total. The second-order valence-electron chi connectivity index (χ2n) is 12.3. The number of fused-ring (bicyclic) bond motifs is 3. The van der Waals surface area contributed by atoms with Gasteiger partial charge in [-0.05, 0) is 91.6 Å². The van der Waals surface area contributed by atoms with Crippen LogP contribution in [0.5, 0.6) is 17.6 Å². The van der Waals surface area contributed by atoms with Crippen LogP contribution in [0.1, 0.15) is 51.0 Å². The number of phenols is 1. The lowest BCUT2D eigenvalue weighted by atomic mass is 9.94. The second-order valence-corrected chi connectivity index (χ2v) is 12.3. The van der Waals surface area contributed by atoms with Crippen molar-refractivity contribution in [2.75, 3.05) is 44.8 Å². The third-order valence-corrected chi connectivity index (χ3v) is 9.64. The van der Waals surface area contributed by atoms with Gasteiger partial charge in [-0.15, -0.1) is 0 Å². The number of anilines is 1. The Hall–Kier alpha value is -4.12. The average Bonchev–Trinajstić information content (AvgIpc) is 3.61. The molecule has 0 radical (unpaired) electrons. The minimum absolute atomic E-state index is 0.0149. The number of pyridine rings is 1. The zero-order chi connectivity index (χ0) is 31.3. The zero-order valence-corrected chi connectivity index (χ0v) is 25.5. The van der Waals surface area contributed by atoms with Gasteiger partial charge in [0.05, 0.1) is 19.0 Å². The van der Waals surface area contributed by atoms with Gasteiger partial charge in [-0.25, -0.2) is 18.2 Å². The van der Waals surface area contributed by atoms with Gasteiger partial charge in [0, 0.05) is 25.2 Å². The van der Waals surface area contributed by atoms with E-state index in [1.54, 1.807) is 6.07 Å². The maximum atomic E-state index is 16.9. The third kappa shape index (κ3) is 5.01. The van der Waals surface area contributed by atoms with E-state index < -0.39 is 11.6 Å². The number of ether oxygens (including phenoxy) is 2. The molecule has 0 spiro atoms. The summed E-state index contributed by atoms with van der Waals surface area (Å²) in [5, 5.41) is 12.0. The summed E-state index contributed by atoms with van der Waals surface area (Å²) in [5.41, 5.74) is 0.842. The molecule has 0 amide bonds. The number of halogens is 3. The number of hydrogen-bond acceptors (Lipinski definition) is 8. The van der Waals surface area contributed by atoms with Crippen LogP contribution in [0.4, 0.5) is 19.0 Å². The molecule has 3 aliphatic rings. The Kier molecular flexibility index (Phi) is 7.67. The average molecular weight is 620 g/mol. The summed E-state index contributed by atoms with van der Waals surface area (Å²) in [6, 6.07) is 5.84. The number of rotatable bonds is 7. The first-order valence-electron chi connectivity index (χ1n) is 15.7. The smallest absolute Gasteiger partial charge is 0.319 e. The van der Waals surface area contributed by atoms with Crippen LogP contribution in [0.25, 0.3) is 32.9 Å². The molecule has 5 heterocycles. The number of benzene rings is 2. The van der Waals surface area contributed by atoms with E-state index in [-0.39, 0.29) is 46.6 Å². The molecule has 3 fully saturated rings. The molecule has 45 heavy (non-hydrogen) atoms. The molecular formula is C34H36F3N5O3. The summed E-state index contributed by atoms with van der Waals surface area (Å²) in [4.78, 5) is 18.3. The van der Waals surface area contributed by atoms with Crippen molar-refractivity contribution in [3.8, 4) is 28.9 Å². The van der Waals surface area contributed by atoms with Crippen LogP contribution in [0, 0.1) is 11.6 Å². The molecule has 11 heteroatoms. The minimum Gasteiger partial charge on any atom is -0.508 e. The summed E-state index contributed by atoms with van der Waals surface area (Å²) in [7, 11) is 1.45. The lowest BCUT2D eigenvalue weighted by Gasteiger charge is -2.31. The molecule has 8 nitrogen and oxygen atoms in total. The van der Waals surface area contributed by atoms with Crippen LogP contribution in [-0.4, -0.2) is 70.4 Å². The lowest BCUT2D eigenvalue weighted by Crippen LogP contribution is -2.43. The highest BCUT2D eigenvalue weighted by atomic mass is 19.1. The topological polar surface area (TPSA) is 83.8 Å². The van der Waals surface area contributed by atoms with Crippen molar-refractivity contribution in [1.29, 1.82) is 0 Å². The van der Waals surface area contributed by atoms with Crippen molar-refractivity contribution in [2.45, 2.75) is 57.4 Å². The standard InChI is InChI=1S/C34H36F3N5O3/c1-3-23-25(36)9-8-21-14-22(43)15-24(26(21)23)29-28(37)30-27(32(38-29)44-2)31(41-11-5-4-6-12-41)40-33(39-30)45-19-34-10-7-13-42(34)18-20(16-34)17-35/h8-9,14-15,17,43H,3-7,10-13,16,18-19H2,1-2H3/b20-17-/t34-/m0/s1. The largest absolute Gasteiger partial charge is 0.508 e. The van der Waals surface area contributed by atoms with E-state index >= 15 is 8.78 Å². The molecule has 3 aliphatic heterocycles. The summed E-state index contributed by atoms with van der Waals surface area (Å²) < 4.78 is 57.5. The first kappa shape index (κ1) is 29.6. The molecule has 1 atom stereocenters. The first-order chi connectivity index (χ1) is 21.9. The quantitative estimate of drug-likeness (QED) is 0.240. The van der Waals surface area contributed by atoms with E-state index in [9.17, 15) is 9.50 Å². The Morgan fingerprint density at radius 2 is 1.84 bits per heavy atom. The van der Waals surface area contributed by atoms with Crippen LogP contribution >= 0.6 is 0 Å². The van der Waals surface area contributed by atoms with Crippen molar-refractivity contribution in [3.63, 3.8) is 0 Å². The number of aromatic nitrogens is 3. The normalized spacial score (nSPS) is 21.3. The minimum atomic E-state index is -0.751. The molecule has 2 aromatic carbocycles. The number of phenolic OH excluding ortho intramolecular Hbond substituents is 1. The van der Waals surface area contributed by atoms with E-state index in [2.05, 4.69) is 19.8 Å². The fourth-order valence-electron chi connectivity index (χ4n) is 7.51. The SMILES string of the molecule is CCc1c(F)ccc2cc(O)cc(-c3nc(OC)c4c(N5CCCCC5)nc(OC[C@@]56CCCN5C/C(=C\F)C6)nc4c3F)c12. The van der Waals surface area contributed by atoms with Crippen LogP contribution in [-0.2, 0) is 6.42 Å². The molecule has 7 rings (SSSR count). The molecule has 0 saturated carbocycles. The van der Waals surface area contributed by atoms with Gasteiger partial charge in [-0.1, -0.05) is 13.0 Å². The monoisotopic (exact) mass is 619 g/mol. The highest BCUT2D eigenvalue weighted by Gasteiger charge is 2.47. The van der Waals surface area contributed by atoms with Crippen molar-refractivity contribution >= 4 is 27.5 Å². The Labute approximate surface area is 259 Å². The van der Waals surface area contributed by atoms with Crippen molar-refractivity contribution in [3.05, 3.63) is 53.4 Å². The number of nitrogens with zero attached hydrogens (tertiary/aromatic N) is 5. The maximum absolute atomic E-state index is 16.9. The molecule has 2 aromatic heterocycles. The van der Waals surface area contributed by atoms with Crippen LogP contribution in [0.2, 0.25) is 0 Å². The van der Waals surface area contributed by atoms with Crippen molar-refractivity contribution in [2.24, 2.45) is 0 Å². The molecule has 0 aliphatic carbocycles. The van der Waals surface area contributed by atoms with E-state index in [1.165, 1.54) is 25.3 Å². The van der Waals surface area contributed by atoms with Gasteiger partial charge in [0.2, 0.25) is 5.88 Å². The summed E-state index contributed by atoms with van der Waals surface area (Å²) >= 11 is 0. The van der Waals surface area contributed by atoms with Gasteiger partial charge < -0.3 is 19.5 Å². The predicted octanol–water partition coefficient (Wildman–Crippen LogP) is 6.86. The third-order valence-electron chi connectivity index (χ3n) is 9.64. The Bertz CT molecular complexity index is 1830. The predicted molar refractivity (Wildman–Crippen MR) is 167 cm³/mol. The number of aromatic hydroxyl groups is 1. The van der Waals surface area contributed by atoms with Gasteiger partial charge in [-0.2, -0.15) is 9.97 Å². The summed E-state index contributed by atoms with van der Waals surface area (Å²) in [6.45, 7) is 4.92. The molecule has 0 unspecified atom stereocenters. The van der Waals surface area contributed by atoms with E-state index in [0.717, 1.165) is 57.3 Å². The number of aryl methyl sites for hydroxylation is 1. The molecular weight excluding hydrogens is 583 g/mol. The van der Waals surface area contributed by atoms with Crippen LogP contribution in [0.15, 0.2) is 36.2 Å². The second kappa shape index (κ2) is 11.7. The van der Waals surface area contributed by atoms with Crippen molar-refractivity contribution < 1.29 is 27.8 Å². The molecule has 3 saturated heterocycles. The van der Waals surface area contributed by atoms with E-state index in [0.29, 0.717) is 53.3 Å². The summed E-state index contributed by atoms with van der Waals surface area (Å²) in [6.07, 6.45) is 6.44. The van der Waals surface area contributed by atoms with E-state index in [1.807, 2.05) is 6.92 Å². The Morgan fingerprint density at radius 3 is 2.60 bits per heavy atom. The van der Waals surface area contributed by atoms with Gasteiger partial charge in [0.15, 0.2) is 5.82 Å². The van der Waals surface area contributed by atoms with E-state index in [4.69, 9.17) is 14.5 Å². The van der Waals surface area contributed by atoms with Crippen molar-refractivity contribution in [1.82, 2.24) is 19.9 Å². The number of piperidine rings is 1. The highest BCUT2D eigenvalue weighted by Crippen LogP contribution is 2.44. The van der Waals surface area contributed by atoms with Gasteiger partial charge in [0.1, 0.15) is 40.6 Å². The first-order valence-corrected chi connectivity index (χ1v) is 15.7. The Morgan fingerprint density at radius 1 is 1.02 bits per heavy atom. The molecule has 236 valence electrons.